The summed E-state index contributed by atoms with van der Waals surface area (Å²) in [5, 5.41) is 0. The fraction of sp³-hybridized carbons (Fsp3) is 0.368. The molecule has 28 heavy (non-hydrogen) atoms. The Kier molecular flexibility index (Phi) is 5.51. The Bertz CT molecular complexity index is 1010. The molecule has 1 aliphatic rings. The van der Waals surface area contributed by atoms with Crippen LogP contribution in [-0.4, -0.2) is 61.6 Å². The largest absolute Gasteiger partial charge is 0.573 e. The highest BCUT2D eigenvalue weighted by atomic mass is 32.2. The van der Waals surface area contributed by atoms with E-state index < -0.39 is 11.5 Å². The molecule has 4 heterocycles. The molecule has 0 saturated carbocycles. The molecule has 1 atom stereocenters. The topological polar surface area (TPSA) is 79.9 Å². The van der Waals surface area contributed by atoms with E-state index in [-0.39, 0.29) is 0 Å². The van der Waals surface area contributed by atoms with Crippen molar-refractivity contribution in [1.29, 1.82) is 0 Å². The summed E-state index contributed by atoms with van der Waals surface area (Å²) in [5.41, 5.74) is 5.61. The Balaban J connectivity index is 1.84. The first kappa shape index (κ1) is 19.2. The second-order valence-electron chi connectivity index (χ2n) is 6.75. The van der Waals surface area contributed by atoms with Gasteiger partial charge in [0.15, 0.2) is 11.5 Å². The molecule has 1 aliphatic heterocycles. The first-order valence-electron chi connectivity index (χ1n) is 8.98. The summed E-state index contributed by atoms with van der Waals surface area (Å²) in [5.74, 6) is 0. The van der Waals surface area contributed by atoms with E-state index in [0.29, 0.717) is 19.8 Å². The average molecular weight is 401 g/mol. The van der Waals surface area contributed by atoms with Gasteiger partial charge in [-0.1, -0.05) is 6.08 Å². The molecule has 9 heteroatoms. The molecule has 0 aliphatic carbocycles. The van der Waals surface area contributed by atoms with Crippen LogP contribution in [0.4, 0.5) is 0 Å². The summed E-state index contributed by atoms with van der Waals surface area (Å²) in [6, 6.07) is 2.10. The first-order chi connectivity index (χ1) is 13.6. The summed E-state index contributed by atoms with van der Waals surface area (Å²) in [6.07, 6.45) is 10.4. The zero-order valence-corrected chi connectivity index (χ0v) is 17.0. The van der Waals surface area contributed by atoms with Crippen molar-refractivity contribution >= 4 is 22.8 Å². The van der Waals surface area contributed by atoms with E-state index in [1.807, 2.05) is 10.6 Å². The van der Waals surface area contributed by atoms with Crippen molar-refractivity contribution in [3.8, 4) is 11.3 Å². The third kappa shape index (κ3) is 3.71. The average Bonchev–Trinajstić information content (AvgIpc) is 3.34. The molecular weight excluding hydrogens is 378 g/mol. The van der Waals surface area contributed by atoms with Crippen LogP contribution in [0.2, 0.25) is 0 Å². The van der Waals surface area contributed by atoms with Crippen molar-refractivity contribution in [3.63, 3.8) is 0 Å². The number of imidazole rings is 2. The molecule has 3 aromatic rings. The number of rotatable bonds is 6. The van der Waals surface area contributed by atoms with E-state index >= 15 is 0 Å². The van der Waals surface area contributed by atoms with Crippen LogP contribution in [-0.2, 0) is 27.6 Å². The SMILES string of the molecule is COCc1cn2cc(C3=CCOCC3)cc(-c3cn([S+]([O-])N(C)C)cn3)c2n1. The summed E-state index contributed by atoms with van der Waals surface area (Å²) in [6.45, 7) is 1.78. The van der Waals surface area contributed by atoms with Crippen LogP contribution in [0.3, 0.4) is 0 Å². The molecule has 0 aromatic carbocycles. The highest BCUT2D eigenvalue weighted by molar-refractivity contribution is 7.87. The van der Waals surface area contributed by atoms with Crippen molar-refractivity contribution in [2.24, 2.45) is 0 Å². The molecular formula is C19H23N5O3S. The minimum Gasteiger partial charge on any atom is -0.573 e. The second kappa shape index (κ2) is 8.06. The van der Waals surface area contributed by atoms with Gasteiger partial charge in [0.1, 0.15) is 12.0 Å². The van der Waals surface area contributed by atoms with Gasteiger partial charge in [-0.2, -0.15) is 0 Å². The van der Waals surface area contributed by atoms with Gasteiger partial charge >= 0.3 is 0 Å². The number of nitrogens with zero attached hydrogens (tertiary/aromatic N) is 5. The molecule has 0 amide bonds. The van der Waals surface area contributed by atoms with Crippen LogP contribution >= 0.6 is 0 Å². The van der Waals surface area contributed by atoms with Crippen LogP contribution in [0.1, 0.15) is 17.7 Å². The van der Waals surface area contributed by atoms with Gasteiger partial charge in [-0.15, -0.1) is 8.28 Å². The highest BCUT2D eigenvalue weighted by Crippen LogP contribution is 2.30. The number of hydrogen-bond donors (Lipinski definition) is 0. The fourth-order valence-corrected chi connectivity index (χ4v) is 3.93. The minimum absolute atomic E-state index is 0.437. The zero-order valence-electron chi connectivity index (χ0n) is 16.2. The number of pyridine rings is 1. The van der Waals surface area contributed by atoms with Crippen LogP contribution in [0.5, 0.6) is 0 Å². The van der Waals surface area contributed by atoms with Crippen LogP contribution in [0, 0.1) is 0 Å². The second-order valence-corrected chi connectivity index (χ2v) is 8.37. The number of ether oxygens (including phenoxy) is 2. The van der Waals surface area contributed by atoms with Gasteiger partial charge in [0.2, 0.25) is 0 Å². The van der Waals surface area contributed by atoms with Crippen molar-refractivity contribution in [2.75, 3.05) is 34.4 Å². The van der Waals surface area contributed by atoms with E-state index in [0.717, 1.165) is 34.6 Å². The molecule has 3 aromatic heterocycles. The lowest BCUT2D eigenvalue weighted by Gasteiger charge is -2.15. The molecule has 0 fully saturated rings. The van der Waals surface area contributed by atoms with Crippen molar-refractivity contribution < 1.29 is 14.0 Å². The maximum atomic E-state index is 12.4. The summed E-state index contributed by atoms with van der Waals surface area (Å²) in [4.78, 5) is 9.21. The Morgan fingerprint density at radius 3 is 2.89 bits per heavy atom. The van der Waals surface area contributed by atoms with E-state index in [1.165, 1.54) is 5.57 Å². The van der Waals surface area contributed by atoms with Crippen LogP contribution < -0.4 is 0 Å². The highest BCUT2D eigenvalue weighted by Gasteiger charge is 2.19. The van der Waals surface area contributed by atoms with Crippen molar-refractivity contribution in [1.82, 2.24) is 22.6 Å². The predicted molar refractivity (Wildman–Crippen MR) is 108 cm³/mol. The van der Waals surface area contributed by atoms with Crippen molar-refractivity contribution in [2.45, 2.75) is 13.0 Å². The molecule has 148 valence electrons. The third-order valence-electron chi connectivity index (χ3n) is 4.56. The van der Waals surface area contributed by atoms with E-state index in [9.17, 15) is 4.55 Å². The smallest absolute Gasteiger partial charge is 0.173 e. The van der Waals surface area contributed by atoms with Gasteiger partial charge in [0.05, 0.1) is 37.4 Å². The fourth-order valence-electron chi connectivity index (χ4n) is 3.24. The molecule has 0 radical (unpaired) electrons. The monoisotopic (exact) mass is 401 g/mol. The maximum Gasteiger partial charge on any atom is 0.173 e. The molecule has 0 bridgehead atoms. The van der Waals surface area contributed by atoms with Gasteiger partial charge in [0.25, 0.3) is 0 Å². The van der Waals surface area contributed by atoms with Gasteiger partial charge in [0, 0.05) is 39.2 Å². The van der Waals surface area contributed by atoms with Gasteiger partial charge in [-0.3, -0.25) is 0 Å². The minimum atomic E-state index is -1.32. The zero-order chi connectivity index (χ0) is 19.7. The van der Waals surface area contributed by atoms with Gasteiger partial charge in [-0.05, 0) is 23.6 Å². The Morgan fingerprint density at radius 1 is 1.32 bits per heavy atom. The lowest BCUT2D eigenvalue weighted by atomic mass is 10.0. The normalized spacial score (nSPS) is 16.0. The Morgan fingerprint density at radius 2 is 2.18 bits per heavy atom. The maximum absolute atomic E-state index is 12.4. The Labute approximate surface area is 166 Å². The van der Waals surface area contributed by atoms with Crippen LogP contribution in [0.25, 0.3) is 22.5 Å². The molecule has 0 N–H and O–H groups in total. The number of aromatic nitrogens is 4. The predicted octanol–water partition coefficient (Wildman–Crippen LogP) is 2.14. The molecule has 8 nitrogen and oxygen atoms in total. The first-order valence-corrected chi connectivity index (χ1v) is 10.0. The van der Waals surface area contributed by atoms with E-state index in [2.05, 4.69) is 23.3 Å². The number of fused-ring (bicyclic) bond motifs is 1. The third-order valence-corrected chi connectivity index (χ3v) is 5.74. The van der Waals surface area contributed by atoms with Gasteiger partial charge in [-0.25, -0.2) is 9.97 Å². The van der Waals surface area contributed by atoms with E-state index in [4.69, 9.17) is 14.5 Å². The summed E-state index contributed by atoms with van der Waals surface area (Å²) >= 11 is -1.32. The number of methoxy groups -OCH3 is 1. The molecule has 4 rings (SSSR count). The van der Waals surface area contributed by atoms with Crippen molar-refractivity contribution in [3.05, 3.63) is 48.3 Å². The summed E-state index contributed by atoms with van der Waals surface area (Å²) in [7, 11) is 5.18. The Hall–Kier alpha value is -2.17. The molecule has 0 saturated heterocycles. The number of hydrogen-bond acceptors (Lipinski definition) is 6. The van der Waals surface area contributed by atoms with E-state index in [1.54, 1.807) is 42.0 Å². The molecule has 1 unspecified atom stereocenters. The lowest BCUT2D eigenvalue weighted by molar-refractivity contribution is 0.161. The summed E-state index contributed by atoms with van der Waals surface area (Å²) < 4.78 is 28.3. The standard InChI is InChI=1S/C19H23N5O3S/c1-22(2)28(25)24-11-18(20-13-24)17-8-15(14-4-6-27-7-5-14)9-23-10-16(12-26-3)21-19(17)23/h4,8-11,13H,5-7,12H2,1-3H3. The molecule has 0 spiro atoms. The van der Waals surface area contributed by atoms with Crippen LogP contribution in [0.15, 0.2) is 37.1 Å². The van der Waals surface area contributed by atoms with Gasteiger partial charge < -0.3 is 18.4 Å². The quantitative estimate of drug-likeness (QED) is 0.589. The lowest BCUT2D eigenvalue weighted by Crippen LogP contribution is -2.27.